The summed E-state index contributed by atoms with van der Waals surface area (Å²) in [7, 11) is 1.56. The number of nitrogens with zero attached hydrogens (tertiary/aromatic N) is 2. The number of fused-ring (bicyclic) bond motifs is 5. The van der Waals surface area contributed by atoms with Crippen LogP contribution in [-0.4, -0.2) is 60.5 Å². The highest BCUT2D eigenvalue weighted by Gasteiger charge is 2.47. The molecule has 4 aliphatic rings. The number of ether oxygens (including phenoxy) is 1. The van der Waals surface area contributed by atoms with E-state index in [1.807, 2.05) is 6.07 Å². The maximum atomic E-state index is 13.0. The smallest absolute Gasteiger partial charge is 0.256 e. The number of carbonyl (C=O) groups excluding carboxylic acids is 2. The molecule has 0 unspecified atom stereocenters. The van der Waals surface area contributed by atoms with Crippen LogP contribution < -0.4 is 15.4 Å². The Balaban J connectivity index is 0.00000218. The van der Waals surface area contributed by atoms with Crippen LogP contribution in [0.4, 0.5) is 0 Å². The second-order valence-corrected chi connectivity index (χ2v) is 8.96. The third-order valence-corrected chi connectivity index (χ3v) is 7.33. The molecule has 2 amide bonds. The molecule has 4 heterocycles. The topological polar surface area (TPSA) is 83.6 Å². The molecular weight excluding hydrogens is 404 g/mol. The number of aryl methyl sites for hydroxylation is 2. The average molecular weight is 435 g/mol. The molecule has 1 aliphatic carbocycles. The van der Waals surface area contributed by atoms with Crippen LogP contribution in [0.1, 0.15) is 53.7 Å². The van der Waals surface area contributed by atoms with Gasteiger partial charge in [0.1, 0.15) is 5.56 Å². The minimum atomic E-state index is -0.157. The van der Waals surface area contributed by atoms with E-state index in [1.54, 1.807) is 7.11 Å². The number of hydrogen-bond donors (Lipinski definition) is 2. The summed E-state index contributed by atoms with van der Waals surface area (Å²) in [5.74, 6) is 1.45. The number of methoxy groups -OCH3 is 1. The summed E-state index contributed by atoms with van der Waals surface area (Å²) < 4.78 is 5.41. The summed E-state index contributed by atoms with van der Waals surface area (Å²) in [6, 6.07) is 2.32. The molecule has 1 aromatic rings. The molecule has 1 aromatic heterocycles. The lowest BCUT2D eigenvalue weighted by Gasteiger charge is -2.54. The number of nitrogens with one attached hydrogen (secondary N) is 2. The lowest BCUT2D eigenvalue weighted by atomic mass is 9.72. The highest BCUT2D eigenvalue weighted by Crippen LogP contribution is 2.39. The van der Waals surface area contributed by atoms with Crippen LogP contribution in [0, 0.1) is 11.8 Å². The number of aromatic nitrogens is 1. The number of piperidine rings is 3. The zero-order valence-corrected chi connectivity index (χ0v) is 18.3. The average Bonchev–Trinajstić information content (AvgIpc) is 3.20. The first kappa shape index (κ1) is 21.4. The fourth-order valence-corrected chi connectivity index (χ4v) is 5.96. The van der Waals surface area contributed by atoms with Crippen molar-refractivity contribution >= 4 is 24.2 Å². The highest BCUT2D eigenvalue weighted by molar-refractivity contribution is 5.96. The van der Waals surface area contributed by atoms with E-state index >= 15 is 0 Å². The maximum absolute atomic E-state index is 13.0. The predicted octanol–water partition coefficient (Wildman–Crippen LogP) is 1.72. The van der Waals surface area contributed by atoms with Gasteiger partial charge in [-0.2, -0.15) is 0 Å². The fraction of sp³-hybridized carbons (Fsp3) is 0.682. The Morgan fingerprint density at radius 1 is 1.27 bits per heavy atom. The zero-order chi connectivity index (χ0) is 20.0. The first-order valence-electron chi connectivity index (χ1n) is 11.0. The van der Waals surface area contributed by atoms with Crippen LogP contribution in [0.25, 0.3) is 0 Å². The van der Waals surface area contributed by atoms with E-state index in [1.165, 1.54) is 0 Å². The Morgan fingerprint density at radius 3 is 2.93 bits per heavy atom. The van der Waals surface area contributed by atoms with Crippen molar-refractivity contribution in [3.05, 3.63) is 22.9 Å². The molecule has 8 heteroatoms. The second kappa shape index (κ2) is 8.71. The molecule has 5 rings (SSSR count). The molecule has 0 aromatic carbocycles. The molecule has 2 bridgehead atoms. The van der Waals surface area contributed by atoms with Gasteiger partial charge in [-0.25, -0.2) is 4.98 Å². The van der Waals surface area contributed by atoms with Crippen LogP contribution in [0.15, 0.2) is 6.07 Å². The molecule has 30 heavy (non-hydrogen) atoms. The largest absolute Gasteiger partial charge is 0.480 e. The van der Waals surface area contributed by atoms with Crippen molar-refractivity contribution in [1.82, 2.24) is 20.5 Å². The van der Waals surface area contributed by atoms with E-state index < -0.39 is 0 Å². The molecule has 3 saturated heterocycles. The SMILES string of the molecule is COc1nc2c(cc1C(=O)NC[C@H]1[C@@H]3CNC[C@@H](C3)[C@@H]3CCCC(=O)N31)CCC2.Cl. The van der Waals surface area contributed by atoms with Crippen LogP contribution in [0.5, 0.6) is 5.88 Å². The van der Waals surface area contributed by atoms with Crippen molar-refractivity contribution in [1.29, 1.82) is 0 Å². The number of amides is 2. The summed E-state index contributed by atoms with van der Waals surface area (Å²) in [5, 5.41) is 6.66. The van der Waals surface area contributed by atoms with Crippen LogP contribution in [-0.2, 0) is 17.6 Å². The van der Waals surface area contributed by atoms with Crippen molar-refractivity contribution in [3.8, 4) is 5.88 Å². The predicted molar refractivity (Wildman–Crippen MR) is 115 cm³/mol. The van der Waals surface area contributed by atoms with E-state index in [2.05, 4.69) is 20.5 Å². The first-order valence-corrected chi connectivity index (χ1v) is 11.0. The Morgan fingerprint density at radius 2 is 2.10 bits per heavy atom. The van der Waals surface area contributed by atoms with Crippen LogP contribution in [0.3, 0.4) is 0 Å². The summed E-state index contributed by atoms with van der Waals surface area (Å²) in [4.78, 5) is 32.5. The van der Waals surface area contributed by atoms with Gasteiger partial charge in [-0.1, -0.05) is 0 Å². The molecular formula is C22H31ClN4O3. The molecule has 2 N–H and O–H groups in total. The highest BCUT2D eigenvalue weighted by atomic mass is 35.5. The number of pyridine rings is 1. The van der Waals surface area contributed by atoms with Gasteiger partial charge >= 0.3 is 0 Å². The van der Waals surface area contributed by atoms with E-state index in [0.717, 1.165) is 62.9 Å². The number of hydrogen-bond acceptors (Lipinski definition) is 5. The zero-order valence-electron chi connectivity index (χ0n) is 17.5. The van der Waals surface area contributed by atoms with E-state index in [0.29, 0.717) is 42.3 Å². The van der Waals surface area contributed by atoms with Gasteiger partial charge in [0.25, 0.3) is 5.91 Å². The molecule has 0 spiro atoms. The number of halogens is 1. The lowest BCUT2D eigenvalue weighted by Crippen LogP contribution is -2.66. The summed E-state index contributed by atoms with van der Waals surface area (Å²) >= 11 is 0. The second-order valence-electron chi connectivity index (χ2n) is 8.96. The molecule has 4 atom stereocenters. The van der Waals surface area contributed by atoms with Gasteiger partial charge in [0.2, 0.25) is 11.8 Å². The lowest BCUT2D eigenvalue weighted by molar-refractivity contribution is -0.148. The third kappa shape index (κ3) is 3.66. The quantitative estimate of drug-likeness (QED) is 0.753. The standard InChI is InChI=1S/C22H30N4O3.ClH/c1-29-22-16(9-13-4-2-5-17(13)25-22)21(28)24-12-19-15-8-14(10-23-11-15)18-6-3-7-20(27)26(18)19;/h9,14-15,18-19,23H,2-8,10-12H2,1H3,(H,24,28);1H/t14-,15+,18+,19+;/m1./s1. The van der Waals surface area contributed by atoms with Gasteiger partial charge in [-0.15, -0.1) is 12.4 Å². The molecule has 3 aliphatic heterocycles. The van der Waals surface area contributed by atoms with Crippen LogP contribution in [0.2, 0.25) is 0 Å². The monoisotopic (exact) mass is 434 g/mol. The Hall–Kier alpha value is -1.86. The number of rotatable bonds is 4. The minimum absolute atomic E-state index is 0. The van der Waals surface area contributed by atoms with Crippen molar-refractivity contribution in [2.24, 2.45) is 11.8 Å². The number of carbonyl (C=O) groups is 2. The van der Waals surface area contributed by atoms with E-state index in [9.17, 15) is 9.59 Å². The van der Waals surface area contributed by atoms with Crippen LogP contribution >= 0.6 is 12.4 Å². The van der Waals surface area contributed by atoms with Gasteiger partial charge in [0, 0.05) is 31.2 Å². The summed E-state index contributed by atoms with van der Waals surface area (Å²) in [5.41, 5.74) is 2.70. The van der Waals surface area contributed by atoms with Crippen molar-refractivity contribution in [2.75, 3.05) is 26.7 Å². The Kier molecular flexibility index (Phi) is 6.21. The van der Waals surface area contributed by atoms with Crippen molar-refractivity contribution < 1.29 is 14.3 Å². The normalized spacial score (nSPS) is 29.5. The minimum Gasteiger partial charge on any atom is -0.480 e. The Bertz CT molecular complexity index is 833. The third-order valence-electron chi connectivity index (χ3n) is 7.33. The van der Waals surface area contributed by atoms with E-state index in [-0.39, 0.29) is 30.3 Å². The van der Waals surface area contributed by atoms with E-state index in [4.69, 9.17) is 4.74 Å². The van der Waals surface area contributed by atoms with Crippen molar-refractivity contribution in [2.45, 2.75) is 57.0 Å². The van der Waals surface area contributed by atoms with Gasteiger partial charge in [-0.05, 0) is 68.5 Å². The summed E-state index contributed by atoms with van der Waals surface area (Å²) in [6.45, 7) is 2.40. The molecule has 3 fully saturated rings. The molecule has 0 radical (unpaired) electrons. The van der Waals surface area contributed by atoms with Gasteiger partial charge in [-0.3, -0.25) is 9.59 Å². The molecule has 0 saturated carbocycles. The molecule has 164 valence electrons. The maximum Gasteiger partial charge on any atom is 0.256 e. The summed E-state index contributed by atoms with van der Waals surface area (Å²) in [6.07, 6.45) is 6.84. The molecule has 7 nitrogen and oxygen atoms in total. The fourth-order valence-electron chi connectivity index (χ4n) is 5.96. The van der Waals surface area contributed by atoms with Crippen molar-refractivity contribution in [3.63, 3.8) is 0 Å². The Labute approximate surface area is 183 Å². The van der Waals surface area contributed by atoms with Gasteiger partial charge in [0.05, 0.1) is 13.2 Å². The first-order chi connectivity index (χ1) is 14.2. The van der Waals surface area contributed by atoms with Gasteiger partial charge < -0.3 is 20.3 Å². The van der Waals surface area contributed by atoms with Gasteiger partial charge in [0.15, 0.2) is 0 Å².